The van der Waals surface area contributed by atoms with E-state index in [1.165, 1.54) is 18.2 Å². The van der Waals surface area contributed by atoms with Crippen LogP contribution in [0.2, 0.25) is 5.02 Å². The van der Waals surface area contributed by atoms with E-state index in [2.05, 4.69) is 4.98 Å². The van der Waals surface area contributed by atoms with Crippen LogP contribution in [-0.4, -0.2) is 10.8 Å². The average molecular weight is 333 g/mol. The summed E-state index contributed by atoms with van der Waals surface area (Å²) < 4.78 is 13.3. The Morgan fingerprint density at radius 2 is 1.95 bits per heavy atom. The van der Waals surface area contributed by atoms with Gasteiger partial charge in [0, 0.05) is 16.1 Å². The fourth-order valence-corrected chi connectivity index (χ4v) is 3.09. The van der Waals surface area contributed by atoms with Crippen molar-refractivity contribution in [2.45, 2.75) is 0 Å². The number of halogens is 2. The molecule has 0 saturated heterocycles. The summed E-state index contributed by atoms with van der Waals surface area (Å²) in [7, 11) is 0. The minimum absolute atomic E-state index is 0.256. The molecule has 2 aromatic carbocycles. The number of anilines is 1. The first kappa shape index (κ1) is 14.7. The van der Waals surface area contributed by atoms with Gasteiger partial charge in [0.2, 0.25) is 5.78 Å². The number of nitrogen functional groups attached to an aromatic ring is 1. The third-order valence-corrected chi connectivity index (χ3v) is 4.15. The first-order valence-electron chi connectivity index (χ1n) is 6.37. The smallest absolute Gasteiger partial charge is 0.205 e. The molecule has 0 spiro atoms. The molecule has 1 heterocycles. The third kappa shape index (κ3) is 2.86. The van der Waals surface area contributed by atoms with E-state index < -0.39 is 5.82 Å². The lowest BCUT2D eigenvalue weighted by Gasteiger charge is -2.03. The predicted molar refractivity (Wildman–Crippen MR) is 86.8 cm³/mol. The first-order chi connectivity index (χ1) is 10.5. The van der Waals surface area contributed by atoms with Gasteiger partial charge in [-0.2, -0.15) is 0 Å². The highest BCUT2D eigenvalue weighted by atomic mass is 35.5. The molecule has 6 heteroatoms. The zero-order valence-electron chi connectivity index (χ0n) is 11.2. The molecule has 0 radical (unpaired) electrons. The van der Waals surface area contributed by atoms with E-state index in [-0.39, 0.29) is 16.5 Å². The van der Waals surface area contributed by atoms with Crippen molar-refractivity contribution in [3.05, 3.63) is 69.8 Å². The van der Waals surface area contributed by atoms with Gasteiger partial charge in [0.05, 0.1) is 5.69 Å². The molecule has 0 aliphatic heterocycles. The van der Waals surface area contributed by atoms with Gasteiger partial charge in [-0.15, -0.1) is 0 Å². The van der Waals surface area contributed by atoms with E-state index >= 15 is 0 Å². The summed E-state index contributed by atoms with van der Waals surface area (Å²) in [6.07, 6.45) is 0. The summed E-state index contributed by atoms with van der Waals surface area (Å²) in [4.78, 5) is 17.2. The van der Waals surface area contributed by atoms with Crippen LogP contribution in [0.25, 0.3) is 11.3 Å². The van der Waals surface area contributed by atoms with Crippen molar-refractivity contribution in [1.29, 1.82) is 0 Å². The number of aromatic nitrogens is 1. The van der Waals surface area contributed by atoms with Crippen LogP contribution in [0.1, 0.15) is 15.2 Å². The molecule has 0 saturated carbocycles. The Bertz CT molecular complexity index is 863. The minimum atomic E-state index is -0.465. The zero-order chi connectivity index (χ0) is 15.7. The molecule has 0 fully saturated rings. The lowest BCUT2D eigenvalue weighted by molar-refractivity contribution is 0.104. The Hall–Kier alpha value is -2.24. The standard InChI is InChI=1S/C16H10ClFN2OS/c17-11-5-1-3-9(7-11)13-15(22-16(19)20-13)14(21)10-4-2-6-12(18)8-10/h1-8H,(H2,19,20). The van der Waals surface area contributed by atoms with Crippen molar-refractivity contribution >= 4 is 33.9 Å². The summed E-state index contributed by atoms with van der Waals surface area (Å²) in [5.74, 6) is -0.781. The van der Waals surface area contributed by atoms with Gasteiger partial charge in [0.25, 0.3) is 0 Å². The van der Waals surface area contributed by atoms with Crippen molar-refractivity contribution in [2.24, 2.45) is 0 Å². The van der Waals surface area contributed by atoms with Crippen LogP contribution < -0.4 is 5.73 Å². The van der Waals surface area contributed by atoms with Gasteiger partial charge in [-0.25, -0.2) is 9.37 Å². The van der Waals surface area contributed by atoms with Crippen LogP contribution in [0.3, 0.4) is 0 Å². The topological polar surface area (TPSA) is 56.0 Å². The summed E-state index contributed by atoms with van der Waals surface area (Å²) in [6, 6.07) is 12.5. The van der Waals surface area contributed by atoms with E-state index in [9.17, 15) is 9.18 Å². The zero-order valence-corrected chi connectivity index (χ0v) is 12.8. The summed E-state index contributed by atoms with van der Waals surface area (Å²) in [5.41, 5.74) is 7.16. The summed E-state index contributed by atoms with van der Waals surface area (Å²) in [5, 5.41) is 0.808. The molecule has 0 aliphatic rings. The van der Waals surface area contributed by atoms with E-state index in [0.29, 0.717) is 21.2 Å². The number of carbonyl (C=O) groups is 1. The van der Waals surface area contributed by atoms with Crippen LogP contribution in [0.15, 0.2) is 48.5 Å². The van der Waals surface area contributed by atoms with Gasteiger partial charge in [-0.05, 0) is 24.3 Å². The molecule has 0 aliphatic carbocycles. The number of rotatable bonds is 3. The lowest BCUT2D eigenvalue weighted by Crippen LogP contribution is -2.01. The molecule has 22 heavy (non-hydrogen) atoms. The fourth-order valence-electron chi connectivity index (χ4n) is 2.08. The molecule has 0 amide bonds. The van der Waals surface area contributed by atoms with Crippen LogP contribution in [0.5, 0.6) is 0 Å². The second kappa shape index (κ2) is 5.87. The maximum absolute atomic E-state index is 13.3. The minimum Gasteiger partial charge on any atom is -0.375 e. The Labute approximate surface area is 135 Å². The third-order valence-electron chi connectivity index (χ3n) is 3.03. The highest BCUT2D eigenvalue weighted by Crippen LogP contribution is 2.32. The number of thiazole rings is 1. The van der Waals surface area contributed by atoms with Crippen molar-refractivity contribution in [3.8, 4) is 11.3 Å². The molecule has 1 aromatic heterocycles. The highest BCUT2D eigenvalue weighted by molar-refractivity contribution is 7.18. The van der Waals surface area contributed by atoms with Gasteiger partial charge in [0.15, 0.2) is 5.13 Å². The lowest BCUT2D eigenvalue weighted by atomic mass is 10.1. The van der Waals surface area contributed by atoms with Crippen LogP contribution in [0.4, 0.5) is 9.52 Å². The van der Waals surface area contributed by atoms with Crippen molar-refractivity contribution in [1.82, 2.24) is 4.98 Å². The second-order valence-corrected chi connectivity index (χ2v) is 6.05. The monoisotopic (exact) mass is 332 g/mol. The van der Waals surface area contributed by atoms with Crippen molar-refractivity contribution < 1.29 is 9.18 Å². The molecule has 3 nitrogen and oxygen atoms in total. The quantitative estimate of drug-likeness (QED) is 0.722. The molecule has 0 unspecified atom stereocenters. The number of ketones is 1. The van der Waals surface area contributed by atoms with Gasteiger partial charge in [-0.3, -0.25) is 4.79 Å². The highest BCUT2D eigenvalue weighted by Gasteiger charge is 2.20. The van der Waals surface area contributed by atoms with Gasteiger partial charge >= 0.3 is 0 Å². The maximum atomic E-state index is 13.3. The number of benzene rings is 2. The van der Waals surface area contributed by atoms with Gasteiger partial charge < -0.3 is 5.73 Å². The number of nitrogens with two attached hydrogens (primary N) is 1. The fraction of sp³-hybridized carbons (Fsp3) is 0. The molecular formula is C16H10ClFN2OS. The van der Waals surface area contributed by atoms with Gasteiger partial charge in [-0.1, -0.05) is 47.2 Å². The van der Waals surface area contributed by atoms with Crippen LogP contribution >= 0.6 is 22.9 Å². The first-order valence-corrected chi connectivity index (χ1v) is 7.56. The Morgan fingerprint density at radius 3 is 2.68 bits per heavy atom. The molecule has 0 bridgehead atoms. The molecular weight excluding hydrogens is 323 g/mol. The van der Waals surface area contributed by atoms with E-state index in [4.69, 9.17) is 17.3 Å². The SMILES string of the molecule is Nc1nc(-c2cccc(Cl)c2)c(C(=O)c2cccc(F)c2)s1. The molecule has 2 N–H and O–H groups in total. The number of nitrogens with zero attached hydrogens (tertiary/aromatic N) is 1. The van der Waals surface area contributed by atoms with Crippen molar-refractivity contribution in [2.75, 3.05) is 5.73 Å². The van der Waals surface area contributed by atoms with Crippen molar-refractivity contribution in [3.63, 3.8) is 0 Å². The summed E-state index contributed by atoms with van der Waals surface area (Å²) >= 11 is 7.06. The van der Waals surface area contributed by atoms with Crippen LogP contribution in [0, 0.1) is 5.82 Å². The average Bonchev–Trinajstić information content (AvgIpc) is 2.88. The Balaban J connectivity index is 2.10. The number of hydrogen-bond donors (Lipinski definition) is 1. The second-order valence-electron chi connectivity index (χ2n) is 4.58. The summed E-state index contributed by atoms with van der Waals surface area (Å²) in [6.45, 7) is 0. The molecule has 0 atom stereocenters. The number of hydrogen-bond acceptors (Lipinski definition) is 4. The molecule has 3 aromatic rings. The molecule has 110 valence electrons. The number of carbonyl (C=O) groups excluding carboxylic acids is 1. The van der Waals surface area contributed by atoms with E-state index in [1.807, 2.05) is 0 Å². The normalized spacial score (nSPS) is 10.6. The van der Waals surface area contributed by atoms with E-state index in [1.54, 1.807) is 30.3 Å². The van der Waals surface area contributed by atoms with Gasteiger partial charge in [0.1, 0.15) is 10.7 Å². The largest absolute Gasteiger partial charge is 0.375 e. The maximum Gasteiger partial charge on any atom is 0.205 e. The Morgan fingerprint density at radius 1 is 1.18 bits per heavy atom. The Kier molecular flexibility index (Phi) is 3.92. The predicted octanol–water partition coefficient (Wildman–Crippen LogP) is 4.42. The molecule has 3 rings (SSSR count). The van der Waals surface area contributed by atoms with E-state index in [0.717, 1.165) is 11.3 Å². The van der Waals surface area contributed by atoms with Crippen LogP contribution in [-0.2, 0) is 0 Å².